The summed E-state index contributed by atoms with van der Waals surface area (Å²) in [6, 6.07) is 3.03. The number of benzene rings is 1. The molecule has 0 radical (unpaired) electrons. The van der Waals surface area contributed by atoms with Gasteiger partial charge < -0.3 is 14.6 Å². The zero-order valence-corrected chi connectivity index (χ0v) is 16.3. The lowest BCUT2D eigenvalue weighted by atomic mass is 9.63. The predicted molar refractivity (Wildman–Crippen MR) is 103 cm³/mol. The first kappa shape index (κ1) is 19.4. The molecule has 1 aliphatic heterocycles. The smallest absolute Gasteiger partial charge is 0.341 e. The largest absolute Gasteiger partial charge is 0.493 e. The molecule has 4 atom stereocenters. The average molecular weight is 419 g/mol. The van der Waals surface area contributed by atoms with E-state index in [0.29, 0.717) is 5.56 Å². The number of imide groups is 1. The SMILES string of the molecule is COc1cc(/C=N\N2C(=O)[C@@H]3[C@H](C2=O)[C@H]2C=C[C@H]3CC2)cc(Cl)c1OCC(=O)O. The van der Waals surface area contributed by atoms with Crippen molar-refractivity contribution in [2.75, 3.05) is 13.7 Å². The molecule has 1 saturated heterocycles. The highest BCUT2D eigenvalue weighted by molar-refractivity contribution is 6.32. The maximum absolute atomic E-state index is 12.8. The van der Waals surface area contributed by atoms with Crippen LogP contribution in [0.25, 0.3) is 0 Å². The number of carbonyl (C=O) groups excluding carboxylic acids is 2. The van der Waals surface area contributed by atoms with Crippen LogP contribution in [0.15, 0.2) is 29.4 Å². The summed E-state index contributed by atoms with van der Waals surface area (Å²) in [6.07, 6.45) is 7.30. The van der Waals surface area contributed by atoms with E-state index in [1.807, 2.05) is 12.2 Å². The van der Waals surface area contributed by atoms with Crippen molar-refractivity contribution in [3.05, 3.63) is 34.9 Å². The molecule has 152 valence electrons. The summed E-state index contributed by atoms with van der Waals surface area (Å²) >= 11 is 6.18. The van der Waals surface area contributed by atoms with Gasteiger partial charge in [0.25, 0.3) is 11.8 Å². The number of methoxy groups -OCH3 is 1. The monoisotopic (exact) mass is 418 g/mol. The number of amides is 2. The highest BCUT2D eigenvalue weighted by Crippen LogP contribution is 2.49. The van der Waals surface area contributed by atoms with E-state index < -0.39 is 12.6 Å². The third-order valence-corrected chi connectivity index (χ3v) is 5.93. The van der Waals surface area contributed by atoms with E-state index in [0.717, 1.165) is 17.9 Å². The molecule has 1 N–H and O–H groups in total. The van der Waals surface area contributed by atoms with Crippen LogP contribution in [0.4, 0.5) is 0 Å². The Morgan fingerprint density at radius 1 is 1.24 bits per heavy atom. The molecule has 1 aromatic carbocycles. The minimum atomic E-state index is -1.15. The number of carboxylic acid groups (broad SMARTS) is 1. The number of fused-ring (bicyclic) bond motifs is 1. The van der Waals surface area contributed by atoms with E-state index >= 15 is 0 Å². The van der Waals surface area contributed by atoms with Gasteiger partial charge in [-0.25, -0.2) is 4.79 Å². The van der Waals surface area contributed by atoms with Crippen molar-refractivity contribution >= 4 is 35.6 Å². The van der Waals surface area contributed by atoms with Crippen molar-refractivity contribution in [2.24, 2.45) is 28.8 Å². The number of hydrazone groups is 1. The lowest BCUT2D eigenvalue weighted by molar-refractivity contribution is -0.141. The van der Waals surface area contributed by atoms with Crippen LogP contribution in [0, 0.1) is 23.7 Å². The van der Waals surface area contributed by atoms with Crippen molar-refractivity contribution in [3.63, 3.8) is 0 Å². The Bertz CT molecular complexity index is 911. The maximum atomic E-state index is 12.8. The summed E-state index contributed by atoms with van der Waals surface area (Å²) < 4.78 is 10.4. The van der Waals surface area contributed by atoms with Gasteiger partial charge in [-0.2, -0.15) is 10.1 Å². The van der Waals surface area contributed by atoms with Crippen LogP contribution in [0.1, 0.15) is 18.4 Å². The summed E-state index contributed by atoms with van der Waals surface area (Å²) in [5.74, 6) is -1.83. The number of carbonyl (C=O) groups is 3. The van der Waals surface area contributed by atoms with E-state index in [2.05, 4.69) is 5.10 Å². The first-order valence-corrected chi connectivity index (χ1v) is 9.60. The average Bonchev–Trinajstić information content (AvgIpc) is 2.98. The second kappa shape index (κ2) is 7.51. The third-order valence-electron chi connectivity index (χ3n) is 5.65. The van der Waals surface area contributed by atoms with Crippen molar-refractivity contribution in [1.82, 2.24) is 5.01 Å². The highest BCUT2D eigenvalue weighted by atomic mass is 35.5. The molecule has 8 nitrogen and oxygen atoms in total. The van der Waals surface area contributed by atoms with E-state index in [-0.39, 0.29) is 52.0 Å². The number of carboxylic acids is 1. The first-order chi connectivity index (χ1) is 13.9. The van der Waals surface area contributed by atoms with E-state index in [1.54, 1.807) is 0 Å². The molecule has 2 bridgehead atoms. The second-order valence-corrected chi connectivity index (χ2v) is 7.70. The van der Waals surface area contributed by atoms with E-state index in [1.165, 1.54) is 25.5 Å². The molecule has 1 aromatic rings. The second-order valence-electron chi connectivity index (χ2n) is 7.29. The molecule has 29 heavy (non-hydrogen) atoms. The summed E-state index contributed by atoms with van der Waals surface area (Å²) in [5.41, 5.74) is 0.478. The van der Waals surface area contributed by atoms with Crippen LogP contribution in [-0.4, -0.2) is 47.8 Å². The fourth-order valence-electron chi connectivity index (χ4n) is 4.38. The van der Waals surface area contributed by atoms with Crippen LogP contribution < -0.4 is 9.47 Å². The van der Waals surface area contributed by atoms with Crippen molar-refractivity contribution in [2.45, 2.75) is 12.8 Å². The Kier molecular flexibility index (Phi) is 5.04. The lowest BCUT2D eigenvalue weighted by Gasteiger charge is -2.37. The summed E-state index contributed by atoms with van der Waals surface area (Å²) in [7, 11) is 1.39. The van der Waals surface area contributed by atoms with Gasteiger partial charge in [0.2, 0.25) is 0 Å². The van der Waals surface area contributed by atoms with Gasteiger partial charge >= 0.3 is 5.97 Å². The molecular weight excluding hydrogens is 400 g/mol. The number of allylic oxidation sites excluding steroid dienone is 2. The topological polar surface area (TPSA) is 106 Å². The number of nitrogens with zero attached hydrogens (tertiary/aromatic N) is 2. The van der Waals surface area contributed by atoms with Gasteiger partial charge in [0, 0.05) is 0 Å². The van der Waals surface area contributed by atoms with Gasteiger partial charge in [0.15, 0.2) is 18.1 Å². The Balaban J connectivity index is 1.56. The Labute approximate surface area is 171 Å². The number of aliphatic carboxylic acids is 1. The quantitative estimate of drug-likeness (QED) is 0.432. The number of halogens is 1. The molecule has 2 fully saturated rings. The standard InChI is InChI=1S/C20H19ClN2O6/c1-28-14-7-10(6-13(21)18(14)29-9-15(24)25)8-22-23-19(26)16-11-2-3-12(5-4-11)17(16)20(23)27/h2-3,6-8,11-12,16-17H,4-5,9H2,1H3,(H,24,25)/b22-8-/t11-,12-,16-,17+/m0/s1. The fourth-order valence-corrected chi connectivity index (χ4v) is 4.66. The molecule has 9 heteroatoms. The van der Waals surface area contributed by atoms with Crippen LogP contribution in [0.3, 0.4) is 0 Å². The number of rotatable bonds is 6. The molecule has 0 aromatic heterocycles. The highest BCUT2D eigenvalue weighted by Gasteiger charge is 2.56. The van der Waals surface area contributed by atoms with Crippen molar-refractivity contribution < 1.29 is 29.0 Å². The molecule has 2 amide bonds. The molecular formula is C20H19ClN2O6. The molecule has 4 aliphatic rings. The van der Waals surface area contributed by atoms with Gasteiger partial charge in [-0.15, -0.1) is 0 Å². The molecule has 0 unspecified atom stereocenters. The number of hydrogen-bond donors (Lipinski definition) is 1. The van der Waals surface area contributed by atoms with Crippen LogP contribution in [0.5, 0.6) is 11.5 Å². The summed E-state index contributed by atoms with van der Waals surface area (Å²) in [6.45, 7) is -0.570. The molecule has 1 heterocycles. The summed E-state index contributed by atoms with van der Waals surface area (Å²) in [5, 5.41) is 14.0. The first-order valence-electron chi connectivity index (χ1n) is 9.23. The molecule has 0 spiro atoms. The van der Waals surface area contributed by atoms with Crippen LogP contribution >= 0.6 is 11.6 Å². The number of hydrogen-bond acceptors (Lipinski definition) is 6. The van der Waals surface area contributed by atoms with E-state index in [4.69, 9.17) is 26.2 Å². The Hall–Kier alpha value is -2.87. The zero-order chi connectivity index (χ0) is 20.7. The van der Waals surface area contributed by atoms with Crippen molar-refractivity contribution in [1.29, 1.82) is 0 Å². The molecule has 1 saturated carbocycles. The predicted octanol–water partition coefficient (Wildman–Crippen LogP) is 2.34. The normalized spacial score (nSPS) is 27.6. The summed E-state index contributed by atoms with van der Waals surface area (Å²) in [4.78, 5) is 36.3. The van der Waals surface area contributed by atoms with Crippen LogP contribution in [-0.2, 0) is 14.4 Å². The van der Waals surface area contributed by atoms with E-state index in [9.17, 15) is 14.4 Å². The molecule has 3 aliphatic carbocycles. The zero-order valence-electron chi connectivity index (χ0n) is 15.6. The van der Waals surface area contributed by atoms with Gasteiger partial charge in [-0.05, 0) is 42.4 Å². The lowest BCUT2D eigenvalue weighted by Crippen LogP contribution is -2.38. The van der Waals surface area contributed by atoms with Gasteiger partial charge in [0.1, 0.15) is 0 Å². The van der Waals surface area contributed by atoms with Gasteiger partial charge in [-0.3, -0.25) is 9.59 Å². The third kappa shape index (κ3) is 3.37. The Morgan fingerprint density at radius 2 is 1.86 bits per heavy atom. The fraction of sp³-hybridized carbons (Fsp3) is 0.400. The minimum absolute atomic E-state index is 0.0933. The maximum Gasteiger partial charge on any atom is 0.341 e. The number of ether oxygens (including phenoxy) is 2. The van der Waals surface area contributed by atoms with Gasteiger partial charge in [0.05, 0.1) is 30.2 Å². The van der Waals surface area contributed by atoms with Gasteiger partial charge in [-0.1, -0.05) is 23.8 Å². The minimum Gasteiger partial charge on any atom is -0.493 e. The van der Waals surface area contributed by atoms with Crippen molar-refractivity contribution in [3.8, 4) is 11.5 Å². The van der Waals surface area contributed by atoms with Crippen LogP contribution in [0.2, 0.25) is 5.02 Å². The Morgan fingerprint density at radius 3 is 2.38 bits per heavy atom. The molecule has 5 rings (SSSR count).